The Bertz CT molecular complexity index is 476. The van der Waals surface area contributed by atoms with E-state index in [9.17, 15) is 0 Å². The lowest BCUT2D eigenvalue weighted by atomic mass is 10.2. The molecular weight excluding hydrogens is 214 g/mol. The second-order valence-corrected chi connectivity index (χ2v) is 3.93. The average Bonchev–Trinajstić information content (AvgIpc) is 2.87. The molecule has 4 nitrogen and oxygen atoms in total. The SMILES string of the molecule is CNC(C)c1cnc(-c2ccc(OC)cc2)[nH]1. The van der Waals surface area contributed by atoms with E-state index in [1.807, 2.05) is 37.5 Å². The van der Waals surface area contributed by atoms with Crippen molar-refractivity contribution in [1.82, 2.24) is 15.3 Å². The fraction of sp³-hybridized carbons (Fsp3) is 0.308. The number of nitrogens with zero attached hydrogens (tertiary/aromatic N) is 1. The molecule has 0 saturated heterocycles. The second-order valence-electron chi connectivity index (χ2n) is 3.93. The Morgan fingerprint density at radius 2 is 2.00 bits per heavy atom. The summed E-state index contributed by atoms with van der Waals surface area (Å²) in [5.41, 5.74) is 2.14. The van der Waals surface area contributed by atoms with Crippen LogP contribution in [0.1, 0.15) is 18.7 Å². The van der Waals surface area contributed by atoms with Gasteiger partial charge in [0, 0.05) is 11.6 Å². The highest BCUT2D eigenvalue weighted by atomic mass is 16.5. The summed E-state index contributed by atoms with van der Waals surface area (Å²) in [6.45, 7) is 2.09. The summed E-state index contributed by atoms with van der Waals surface area (Å²) in [5.74, 6) is 1.73. The van der Waals surface area contributed by atoms with Crippen LogP contribution in [0, 0.1) is 0 Å². The van der Waals surface area contributed by atoms with Crippen LogP contribution in [-0.2, 0) is 0 Å². The van der Waals surface area contributed by atoms with Crippen LogP contribution in [0.2, 0.25) is 0 Å². The Hall–Kier alpha value is -1.81. The van der Waals surface area contributed by atoms with Gasteiger partial charge >= 0.3 is 0 Å². The van der Waals surface area contributed by atoms with E-state index in [4.69, 9.17) is 4.74 Å². The molecule has 0 bridgehead atoms. The normalized spacial score (nSPS) is 12.4. The first-order chi connectivity index (χ1) is 8.24. The zero-order chi connectivity index (χ0) is 12.3. The number of aromatic amines is 1. The van der Waals surface area contributed by atoms with Gasteiger partial charge in [-0.25, -0.2) is 4.98 Å². The van der Waals surface area contributed by atoms with Gasteiger partial charge in [0.1, 0.15) is 11.6 Å². The van der Waals surface area contributed by atoms with Crippen molar-refractivity contribution in [3.63, 3.8) is 0 Å². The standard InChI is InChI=1S/C13H17N3O/c1-9(14-2)12-8-15-13(16-12)10-4-6-11(17-3)7-5-10/h4-9,14H,1-3H3,(H,15,16). The monoisotopic (exact) mass is 231 g/mol. The first-order valence-corrected chi connectivity index (χ1v) is 5.61. The van der Waals surface area contributed by atoms with E-state index < -0.39 is 0 Å². The quantitative estimate of drug-likeness (QED) is 0.849. The number of hydrogen-bond acceptors (Lipinski definition) is 3. The molecule has 0 fully saturated rings. The molecule has 1 aromatic carbocycles. The number of H-pyrrole nitrogens is 1. The first-order valence-electron chi connectivity index (χ1n) is 5.61. The van der Waals surface area contributed by atoms with Crippen molar-refractivity contribution in [2.24, 2.45) is 0 Å². The van der Waals surface area contributed by atoms with Crippen molar-refractivity contribution in [1.29, 1.82) is 0 Å². The molecule has 0 aliphatic heterocycles. The van der Waals surface area contributed by atoms with E-state index in [0.717, 1.165) is 22.8 Å². The molecule has 0 saturated carbocycles. The third-order valence-electron chi connectivity index (χ3n) is 2.86. The van der Waals surface area contributed by atoms with Gasteiger partial charge in [0.25, 0.3) is 0 Å². The molecule has 1 unspecified atom stereocenters. The molecule has 1 atom stereocenters. The van der Waals surface area contributed by atoms with Gasteiger partial charge in [-0.3, -0.25) is 0 Å². The number of aromatic nitrogens is 2. The molecule has 2 rings (SSSR count). The van der Waals surface area contributed by atoms with Crippen molar-refractivity contribution in [2.45, 2.75) is 13.0 Å². The highest BCUT2D eigenvalue weighted by Gasteiger charge is 2.07. The first kappa shape index (κ1) is 11.7. The van der Waals surface area contributed by atoms with Crippen LogP contribution in [0.25, 0.3) is 11.4 Å². The number of ether oxygens (including phenoxy) is 1. The molecule has 2 aromatic rings. The number of nitrogens with one attached hydrogen (secondary N) is 2. The molecule has 1 aromatic heterocycles. The Labute approximate surface area is 101 Å². The van der Waals surface area contributed by atoms with E-state index in [0.29, 0.717) is 0 Å². The molecule has 2 N–H and O–H groups in total. The molecule has 17 heavy (non-hydrogen) atoms. The summed E-state index contributed by atoms with van der Waals surface area (Å²) in [6.07, 6.45) is 1.86. The van der Waals surface area contributed by atoms with Crippen molar-refractivity contribution in [3.05, 3.63) is 36.2 Å². The van der Waals surface area contributed by atoms with Gasteiger partial charge < -0.3 is 15.0 Å². The molecule has 4 heteroatoms. The summed E-state index contributed by atoms with van der Waals surface area (Å²) in [4.78, 5) is 7.68. The number of methoxy groups -OCH3 is 1. The predicted molar refractivity (Wildman–Crippen MR) is 68.1 cm³/mol. The second kappa shape index (κ2) is 5.01. The van der Waals surface area contributed by atoms with Gasteiger partial charge in [-0.2, -0.15) is 0 Å². The highest BCUT2D eigenvalue weighted by molar-refractivity contribution is 5.56. The topological polar surface area (TPSA) is 49.9 Å². The summed E-state index contributed by atoms with van der Waals surface area (Å²) in [5, 5.41) is 3.17. The van der Waals surface area contributed by atoms with Gasteiger partial charge in [0.05, 0.1) is 19.0 Å². The molecule has 0 aliphatic rings. The third-order valence-corrected chi connectivity index (χ3v) is 2.86. The lowest BCUT2D eigenvalue weighted by Gasteiger charge is -2.06. The van der Waals surface area contributed by atoms with Crippen LogP contribution in [0.3, 0.4) is 0 Å². The smallest absolute Gasteiger partial charge is 0.137 e. The number of rotatable bonds is 4. The van der Waals surface area contributed by atoms with Crippen molar-refractivity contribution < 1.29 is 4.74 Å². The lowest BCUT2D eigenvalue weighted by Crippen LogP contribution is -2.12. The van der Waals surface area contributed by atoms with Gasteiger partial charge in [0.15, 0.2) is 0 Å². The zero-order valence-electron chi connectivity index (χ0n) is 10.3. The van der Waals surface area contributed by atoms with Crippen molar-refractivity contribution in [3.8, 4) is 17.1 Å². The van der Waals surface area contributed by atoms with E-state index in [2.05, 4.69) is 22.2 Å². The minimum absolute atomic E-state index is 0.273. The minimum atomic E-state index is 0.273. The van der Waals surface area contributed by atoms with Gasteiger partial charge in [-0.15, -0.1) is 0 Å². The van der Waals surface area contributed by atoms with E-state index in [1.165, 1.54) is 0 Å². The van der Waals surface area contributed by atoms with Crippen LogP contribution in [0.4, 0.5) is 0 Å². The summed E-state index contributed by atoms with van der Waals surface area (Å²) in [6, 6.07) is 8.11. The molecule has 0 radical (unpaired) electrons. The fourth-order valence-corrected chi connectivity index (χ4v) is 1.61. The summed E-state index contributed by atoms with van der Waals surface area (Å²) >= 11 is 0. The fourth-order valence-electron chi connectivity index (χ4n) is 1.61. The lowest BCUT2D eigenvalue weighted by molar-refractivity contribution is 0.415. The zero-order valence-corrected chi connectivity index (χ0v) is 10.3. The van der Waals surface area contributed by atoms with Crippen LogP contribution in [-0.4, -0.2) is 24.1 Å². The van der Waals surface area contributed by atoms with E-state index in [-0.39, 0.29) is 6.04 Å². The van der Waals surface area contributed by atoms with Crippen molar-refractivity contribution >= 4 is 0 Å². The Morgan fingerprint density at radius 3 is 2.59 bits per heavy atom. The minimum Gasteiger partial charge on any atom is -0.497 e. The molecule has 0 amide bonds. The molecular formula is C13H17N3O. The van der Waals surface area contributed by atoms with Gasteiger partial charge in [-0.05, 0) is 38.2 Å². The maximum Gasteiger partial charge on any atom is 0.137 e. The molecule has 0 aliphatic carbocycles. The number of benzene rings is 1. The van der Waals surface area contributed by atoms with Gasteiger partial charge in [0.2, 0.25) is 0 Å². The average molecular weight is 231 g/mol. The van der Waals surface area contributed by atoms with E-state index >= 15 is 0 Å². The van der Waals surface area contributed by atoms with Gasteiger partial charge in [-0.1, -0.05) is 0 Å². The summed E-state index contributed by atoms with van der Waals surface area (Å²) < 4.78 is 5.13. The van der Waals surface area contributed by atoms with Crippen molar-refractivity contribution in [2.75, 3.05) is 14.2 Å². The largest absolute Gasteiger partial charge is 0.497 e. The van der Waals surface area contributed by atoms with Crippen LogP contribution < -0.4 is 10.1 Å². The maximum absolute atomic E-state index is 5.13. The maximum atomic E-state index is 5.13. The Balaban J connectivity index is 2.24. The predicted octanol–water partition coefficient (Wildman–Crippen LogP) is 2.37. The molecule has 0 spiro atoms. The third kappa shape index (κ3) is 2.47. The van der Waals surface area contributed by atoms with Crippen LogP contribution in [0.15, 0.2) is 30.5 Å². The number of hydrogen-bond donors (Lipinski definition) is 2. The Kier molecular flexibility index (Phi) is 3.44. The molecule has 90 valence electrons. The number of imidazole rings is 1. The summed E-state index contributed by atoms with van der Waals surface area (Å²) in [7, 11) is 3.59. The molecule has 1 heterocycles. The van der Waals surface area contributed by atoms with Crippen LogP contribution >= 0.6 is 0 Å². The Morgan fingerprint density at radius 1 is 1.29 bits per heavy atom. The highest BCUT2D eigenvalue weighted by Crippen LogP contribution is 2.21. The van der Waals surface area contributed by atoms with E-state index in [1.54, 1.807) is 7.11 Å². The van der Waals surface area contributed by atoms with Crippen LogP contribution in [0.5, 0.6) is 5.75 Å².